The minimum atomic E-state index is -0.521. The van der Waals surface area contributed by atoms with E-state index in [1.165, 1.54) is 7.11 Å². The molecule has 0 spiro atoms. The van der Waals surface area contributed by atoms with Gasteiger partial charge in [-0.15, -0.1) is 0 Å². The van der Waals surface area contributed by atoms with Gasteiger partial charge in [0.15, 0.2) is 0 Å². The maximum Gasteiger partial charge on any atom is 0.277 e. The molecule has 122 valence electrons. The Morgan fingerprint density at radius 1 is 1.08 bits per heavy atom. The normalized spacial score (nSPS) is 14.6. The van der Waals surface area contributed by atoms with E-state index in [-0.39, 0.29) is 10.6 Å². The van der Waals surface area contributed by atoms with Gasteiger partial charge in [-0.3, -0.25) is 9.59 Å². The number of methoxy groups -OCH3 is 1. The van der Waals surface area contributed by atoms with Crippen LogP contribution in [0, 0.1) is 10.5 Å². The molecule has 0 N–H and O–H groups in total. The van der Waals surface area contributed by atoms with E-state index in [1.807, 2.05) is 19.1 Å². The molecule has 2 aromatic carbocycles. The zero-order valence-electron chi connectivity index (χ0n) is 13.0. The van der Waals surface area contributed by atoms with Crippen molar-refractivity contribution in [3.05, 3.63) is 62.2 Å². The fraction of sp³-hybridized carbons (Fsp3) is 0.111. The number of carbonyl (C=O) groups excluding carboxylic acids is 2. The quantitative estimate of drug-likeness (QED) is 0.519. The number of rotatable bonds is 3. The van der Waals surface area contributed by atoms with E-state index >= 15 is 0 Å². The highest BCUT2D eigenvalue weighted by atomic mass is 127. The second-order valence-electron chi connectivity index (χ2n) is 5.27. The Morgan fingerprint density at radius 3 is 2.46 bits per heavy atom. The summed E-state index contributed by atoms with van der Waals surface area (Å²) in [5, 5.41) is -0.0950. The maximum absolute atomic E-state index is 12.9. The Bertz CT molecular complexity index is 892. The van der Waals surface area contributed by atoms with Crippen LogP contribution in [0.1, 0.15) is 11.1 Å². The average Bonchev–Trinajstić information content (AvgIpc) is 2.78. The van der Waals surface area contributed by atoms with Gasteiger partial charge in [-0.25, -0.2) is 4.90 Å². The van der Waals surface area contributed by atoms with Crippen LogP contribution in [0.25, 0.3) is 5.57 Å². The molecule has 4 nitrogen and oxygen atoms in total. The third kappa shape index (κ3) is 2.71. The molecule has 0 atom stereocenters. The molecule has 0 bridgehead atoms. The van der Waals surface area contributed by atoms with Gasteiger partial charge in [0.05, 0.1) is 18.4 Å². The molecule has 0 fully saturated rings. The summed E-state index contributed by atoms with van der Waals surface area (Å²) in [5.74, 6) is -0.473. The molecule has 24 heavy (non-hydrogen) atoms. The van der Waals surface area contributed by atoms with Crippen LogP contribution >= 0.6 is 34.2 Å². The van der Waals surface area contributed by atoms with Crippen LogP contribution < -0.4 is 9.64 Å². The van der Waals surface area contributed by atoms with E-state index in [1.54, 1.807) is 30.3 Å². The molecule has 1 heterocycles. The number of ether oxygens (including phenoxy) is 1. The largest absolute Gasteiger partial charge is 0.496 e. The van der Waals surface area contributed by atoms with E-state index in [0.717, 1.165) is 14.0 Å². The lowest BCUT2D eigenvalue weighted by atomic mass is 10.0. The minimum Gasteiger partial charge on any atom is -0.496 e. The number of nitrogens with zero attached hydrogens (tertiary/aromatic N) is 1. The number of imide groups is 1. The first-order valence-electron chi connectivity index (χ1n) is 7.13. The van der Waals surface area contributed by atoms with Gasteiger partial charge in [0.1, 0.15) is 10.8 Å². The number of amides is 2. The third-order valence-electron chi connectivity index (χ3n) is 3.80. The standard InChI is InChI=1S/C18H13ClINO3/c1-10-9-11(20)7-8-13(10)21-17(22)15(16(19)18(21)23)12-5-3-4-6-14(12)24-2/h3-9H,1-2H3. The lowest BCUT2D eigenvalue weighted by molar-refractivity contribution is -0.119. The molecular weight excluding hydrogens is 441 g/mol. The van der Waals surface area contributed by atoms with Crippen LogP contribution in [-0.2, 0) is 9.59 Å². The van der Waals surface area contributed by atoms with Gasteiger partial charge in [-0.05, 0) is 59.3 Å². The van der Waals surface area contributed by atoms with Crippen LogP contribution in [0.5, 0.6) is 5.75 Å². The topological polar surface area (TPSA) is 46.6 Å². The van der Waals surface area contributed by atoms with Gasteiger partial charge in [0.25, 0.3) is 11.8 Å². The lowest BCUT2D eigenvalue weighted by Crippen LogP contribution is -2.31. The first kappa shape index (κ1) is 17.0. The zero-order chi connectivity index (χ0) is 17.4. The summed E-state index contributed by atoms with van der Waals surface area (Å²) in [6, 6.07) is 12.5. The molecular formula is C18H13ClINO3. The molecule has 1 aliphatic heterocycles. The van der Waals surface area contributed by atoms with Crippen molar-refractivity contribution in [2.24, 2.45) is 0 Å². The molecule has 3 rings (SSSR count). The van der Waals surface area contributed by atoms with Gasteiger partial charge >= 0.3 is 0 Å². The number of halogens is 2. The number of benzene rings is 2. The van der Waals surface area contributed by atoms with Crippen LogP contribution in [0.2, 0.25) is 0 Å². The van der Waals surface area contributed by atoms with Crippen molar-refractivity contribution in [1.82, 2.24) is 0 Å². The molecule has 0 aliphatic carbocycles. The average molecular weight is 454 g/mol. The summed E-state index contributed by atoms with van der Waals surface area (Å²) >= 11 is 8.41. The van der Waals surface area contributed by atoms with Gasteiger partial charge in [0.2, 0.25) is 0 Å². The summed E-state index contributed by atoms with van der Waals surface area (Å²) in [6.45, 7) is 1.85. The first-order valence-corrected chi connectivity index (χ1v) is 8.59. The fourth-order valence-corrected chi connectivity index (χ4v) is 3.59. The van der Waals surface area contributed by atoms with Crippen LogP contribution in [-0.4, -0.2) is 18.9 Å². The number of aryl methyl sites for hydroxylation is 1. The van der Waals surface area contributed by atoms with Crippen molar-refractivity contribution < 1.29 is 14.3 Å². The fourth-order valence-electron chi connectivity index (χ4n) is 2.68. The summed E-state index contributed by atoms with van der Waals surface area (Å²) in [4.78, 5) is 26.7. The summed E-state index contributed by atoms with van der Waals surface area (Å²) in [6.07, 6.45) is 0. The minimum absolute atomic E-state index is 0.0950. The molecule has 2 aromatic rings. The highest BCUT2D eigenvalue weighted by molar-refractivity contribution is 14.1. The predicted octanol–water partition coefficient (Wildman–Crippen LogP) is 4.13. The number of hydrogen-bond donors (Lipinski definition) is 0. The second-order valence-corrected chi connectivity index (χ2v) is 6.89. The van der Waals surface area contributed by atoms with Crippen LogP contribution in [0.3, 0.4) is 0 Å². The molecule has 0 aromatic heterocycles. The second kappa shape index (κ2) is 6.57. The molecule has 0 radical (unpaired) electrons. The van der Waals surface area contributed by atoms with E-state index < -0.39 is 11.8 Å². The van der Waals surface area contributed by atoms with Crippen molar-refractivity contribution in [3.63, 3.8) is 0 Å². The highest BCUT2D eigenvalue weighted by Gasteiger charge is 2.40. The molecule has 0 saturated carbocycles. The third-order valence-corrected chi connectivity index (χ3v) is 4.82. The molecule has 0 unspecified atom stereocenters. The molecule has 1 aliphatic rings. The van der Waals surface area contributed by atoms with E-state index in [0.29, 0.717) is 17.0 Å². The van der Waals surface area contributed by atoms with Gasteiger partial charge in [-0.1, -0.05) is 29.8 Å². The predicted molar refractivity (Wildman–Crippen MR) is 102 cm³/mol. The number of carbonyl (C=O) groups is 2. The Balaban J connectivity index is 2.11. The van der Waals surface area contributed by atoms with Crippen molar-refractivity contribution in [2.45, 2.75) is 6.92 Å². The zero-order valence-corrected chi connectivity index (χ0v) is 15.9. The number of hydrogen-bond acceptors (Lipinski definition) is 3. The number of para-hydroxylation sites is 1. The van der Waals surface area contributed by atoms with Gasteiger partial charge in [0, 0.05) is 9.13 Å². The Labute approximate surface area is 158 Å². The van der Waals surface area contributed by atoms with Crippen LogP contribution in [0.4, 0.5) is 5.69 Å². The molecule has 6 heteroatoms. The molecule has 0 saturated heterocycles. The van der Waals surface area contributed by atoms with Crippen molar-refractivity contribution >= 4 is 57.3 Å². The van der Waals surface area contributed by atoms with Crippen molar-refractivity contribution in [2.75, 3.05) is 12.0 Å². The first-order chi connectivity index (χ1) is 11.5. The Kier molecular flexibility index (Phi) is 4.64. The highest BCUT2D eigenvalue weighted by Crippen LogP contribution is 2.39. The van der Waals surface area contributed by atoms with Crippen LogP contribution in [0.15, 0.2) is 47.5 Å². The van der Waals surface area contributed by atoms with Gasteiger partial charge in [-0.2, -0.15) is 0 Å². The smallest absolute Gasteiger partial charge is 0.277 e. The Morgan fingerprint density at radius 2 is 1.79 bits per heavy atom. The SMILES string of the molecule is COc1ccccc1C1=C(Cl)C(=O)N(c2ccc(I)cc2C)C1=O. The van der Waals surface area contributed by atoms with Crippen molar-refractivity contribution in [1.29, 1.82) is 0 Å². The monoisotopic (exact) mass is 453 g/mol. The number of anilines is 1. The van der Waals surface area contributed by atoms with Gasteiger partial charge < -0.3 is 4.74 Å². The Hall–Kier alpha value is -1.86. The van der Waals surface area contributed by atoms with E-state index in [2.05, 4.69) is 22.6 Å². The summed E-state index contributed by atoms with van der Waals surface area (Å²) in [5.41, 5.74) is 2.04. The lowest BCUT2D eigenvalue weighted by Gasteiger charge is -2.18. The van der Waals surface area contributed by atoms with Crippen molar-refractivity contribution in [3.8, 4) is 5.75 Å². The molecule has 2 amide bonds. The van der Waals surface area contributed by atoms with E-state index in [9.17, 15) is 9.59 Å². The maximum atomic E-state index is 12.9. The van der Waals surface area contributed by atoms with E-state index in [4.69, 9.17) is 16.3 Å². The summed E-state index contributed by atoms with van der Waals surface area (Å²) in [7, 11) is 1.51. The summed E-state index contributed by atoms with van der Waals surface area (Å²) < 4.78 is 6.32.